The van der Waals surface area contributed by atoms with E-state index in [0.29, 0.717) is 0 Å². The first-order valence-corrected chi connectivity index (χ1v) is 5.42. The fraction of sp³-hybridized carbons (Fsp3) is 0.909. The van der Waals surface area contributed by atoms with Crippen molar-refractivity contribution in [2.75, 3.05) is 6.54 Å². The fourth-order valence-electron chi connectivity index (χ4n) is 2.66. The molecule has 0 radical (unpaired) electrons. The van der Waals surface area contributed by atoms with Gasteiger partial charge in [0.15, 0.2) is 0 Å². The van der Waals surface area contributed by atoms with Crippen molar-refractivity contribution in [1.29, 1.82) is 0 Å². The minimum atomic E-state index is 0.953. The third kappa shape index (κ3) is 1.55. The normalized spacial score (nSPS) is 35.6. The minimum absolute atomic E-state index is 0.953. The number of hydrogen-bond acceptors (Lipinski definition) is 1. The zero-order valence-corrected chi connectivity index (χ0v) is 8.05. The third-order valence-corrected chi connectivity index (χ3v) is 3.52. The van der Waals surface area contributed by atoms with Crippen LogP contribution >= 0.6 is 0 Å². The summed E-state index contributed by atoms with van der Waals surface area (Å²) >= 11 is 0. The first-order valence-electron chi connectivity index (χ1n) is 5.42. The van der Waals surface area contributed by atoms with E-state index in [1.165, 1.54) is 44.2 Å². The van der Waals surface area contributed by atoms with Gasteiger partial charge >= 0.3 is 0 Å². The summed E-state index contributed by atoms with van der Waals surface area (Å²) in [4.78, 5) is 4.65. The van der Waals surface area contributed by atoms with Crippen LogP contribution in [0.3, 0.4) is 0 Å². The summed E-state index contributed by atoms with van der Waals surface area (Å²) in [5.74, 6) is 1.96. The molecule has 1 aliphatic heterocycles. The van der Waals surface area contributed by atoms with E-state index in [2.05, 4.69) is 11.9 Å². The molecule has 2 unspecified atom stereocenters. The van der Waals surface area contributed by atoms with Gasteiger partial charge in [-0.2, -0.15) is 0 Å². The van der Waals surface area contributed by atoms with Gasteiger partial charge in [-0.05, 0) is 37.5 Å². The van der Waals surface area contributed by atoms with Crippen molar-refractivity contribution in [2.45, 2.75) is 45.4 Å². The lowest BCUT2D eigenvalue weighted by molar-refractivity contribution is 0.240. The molecule has 0 bridgehead atoms. The van der Waals surface area contributed by atoms with Crippen LogP contribution in [0, 0.1) is 11.8 Å². The van der Waals surface area contributed by atoms with Gasteiger partial charge < -0.3 is 0 Å². The standard InChI is InChI=1S/C11H19N/c1-2-11-7-9-5-3-4-6-10(9)8-12-11/h9-10H,2-8H2,1H3. The van der Waals surface area contributed by atoms with Crippen LogP contribution in [0.15, 0.2) is 4.99 Å². The van der Waals surface area contributed by atoms with Crippen LogP contribution in [0.2, 0.25) is 0 Å². The Kier molecular flexibility index (Phi) is 2.48. The van der Waals surface area contributed by atoms with Gasteiger partial charge in [-0.3, -0.25) is 4.99 Å². The molecule has 0 N–H and O–H groups in total. The molecule has 1 saturated carbocycles. The van der Waals surface area contributed by atoms with Crippen LogP contribution in [-0.2, 0) is 0 Å². The van der Waals surface area contributed by atoms with Gasteiger partial charge in [-0.15, -0.1) is 0 Å². The first-order chi connectivity index (χ1) is 5.90. The molecule has 1 heterocycles. The highest BCUT2D eigenvalue weighted by Gasteiger charge is 2.28. The Hall–Kier alpha value is -0.330. The zero-order chi connectivity index (χ0) is 8.39. The van der Waals surface area contributed by atoms with E-state index in [-0.39, 0.29) is 0 Å². The average molecular weight is 165 g/mol. The molecule has 0 aromatic heterocycles. The zero-order valence-electron chi connectivity index (χ0n) is 8.05. The van der Waals surface area contributed by atoms with E-state index < -0.39 is 0 Å². The molecule has 0 aromatic carbocycles. The second-order valence-electron chi connectivity index (χ2n) is 4.27. The number of rotatable bonds is 1. The lowest BCUT2D eigenvalue weighted by Gasteiger charge is -2.34. The molecule has 1 fully saturated rings. The predicted molar refractivity (Wildman–Crippen MR) is 52.7 cm³/mol. The maximum atomic E-state index is 4.65. The van der Waals surface area contributed by atoms with Crippen molar-refractivity contribution in [3.8, 4) is 0 Å². The lowest BCUT2D eigenvalue weighted by atomic mass is 9.75. The molecule has 2 atom stereocenters. The molecule has 0 saturated heterocycles. The van der Waals surface area contributed by atoms with E-state index in [1.54, 1.807) is 0 Å². The summed E-state index contributed by atoms with van der Waals surface area (Å²) in [6.07, 6.45) is 8.36. The molecule has 1 heteroatoms. The van der Waals surface area contributed by atoms with Crippen molar-refractivity contribution in [1.82, 2.24) is 0 Å². The van der Waals surface area contributed by atoms with Crippen molar-refractivity contribution in [3.05, 3.63) is 0 Å². The van der Waals surface area contributed by atoms with Gasteiger partial charge in [0.2, 0.25) is 0 Å². The third-order valence-electron chi connectivity index (χ3n) is 3.52. The Bertz CT molecular complexity index is 183. The van der Waals surface area contributed by atoms with Crippen molar-refractivity contribution in [3.63, 3.8) is 0 Å². The van der Waals surface area contributed by atoms with Gasteiger partial charge in [-0.1, -0.05) is 19.8 Å². The van der Waals surface area contributed by atoms with Gasteiger partial charge in [0.25, 0.3) is 0 Å². The van der Waals surface area contributed by atoms with Gasteiger partial charge in [0.05, 0.1) is 0 Å². The molecular formula is C11H19N. The number of nitrogens with zero attached hydrogens (tertiary/aromatic N) is 1. The highest BCUT2D eigenvalue weighted by Crippen LogP contribution is 2.35. The Morgan fingerprint density at radius 3 is 2.75 bits per heavy atom. The Balaban J connectivity index is 2.00. The minimum Gasteiger partial charge on any atom is -0.294 e. The number of fused-ring (bicyclic) bond motifs is 1. The van der Waals surface area contributed by atoms with Crippen LogP contribution in [0.5, 0.6) is 0 Å². The Labute approximate surface area is 75.3 Å². The summed E-state index contributed by atoms with van der Waals surface area (Å²) in [5, 5.41) is 0. The molecule has 2 aliphatic rings. The highest BCUT2D eigenvalue weighted by molar-refractivity contribution is 5.85. The summed E-state index contributed by atoms with van der Waals surface area (Å²) in [7, 11) is 0. The Morgan fingerprint density at radius 1 is 1.25 bits per heavy atom. The quantitative estimate of drug-likeness (QED) is 0.566. The van der Waals surface area contributed by atoms with Crippen molar-refractivity contribution < 1.29 is 0 Å². The molecule has 12 heavy (non-hydrogen) atoms. The molecule has 1 aliphatic carbocycles. The summed E-state index contributed by atoms with van der Waals surface area (Å²) in [6, 6.07) is 0. The van der Waals surface area contributed by atoms with Gasteiger partial charge in [0.1, 0.15) is 0 Å². The van der Waals surface area contributed by atoms with Crippen LogP contribution < -0.4 is 0 Å². The number of aliphatic imine (C=N–C) groups is 1. The maximum Gasteiger partial charge on any atom is 0.0419 e. The lowest BCUT2D eigenvalue weighted by Crippen LogP contribution is -2.28. The second-order valence-corrected chi connectivity index (χ2v) is 4.27. The van der Waals surface area contributed by atoms with Gasteiger partial charge in [0, 0.05) is 12.3 Å². The van der Waals surface area contributed by atoms with Crippen molar-refractivity contribution >= 4 is 5.71 Å². The first kappa shape index (κ1) is 8.28. The predicted octanol–water partition coefficient (Wildman–Crippen LogP) is 3.05. The SMILES string of the molecule is CCC1=NCC2CCCCC2C1. The van der Waals surface area contributed by atoms with E-state index in [1.807, 2.05) is 0 Å². The van der Waals surface area contributed by atoms with E-state index in [0.717, 1.165) is 18.4 Å². The fourth-order valence-corrected chi connectivity index (χ4v) is 2.66. The van der Waals surface area contributed by atoms with Crippen LogP contribution in [0.25, 0.3) is 0 Å². The van der Waals surface area contributed by atoms with E-state index in [9.17, 15) is 0 Å². The molecule has 0 amide bonds. The van der Waals surface area contributed by atoms with E-state index >= 15 is 0 Å². The van der Waals surface area contributed by atoms with Crippen LogP contribution in [0.4, 0.5) is 0 Å². The van der Waals surface area contributed by atoms with Crippen LogP contribution in [0.1, 0.15) is 45.4 Å². The smallest absolute Gasteiger partial charge is 0.0419 e. The molecule has 68 valence electrons. The summed E-state index contributed by atoms with van der Waals surface area (Å²) in [6.45, 7) is 3.38. The summed E-state index contributed by atoms with van der Waals surface area (Å²) in [5.41, 5.74) is 1.48. The Morgan fingerprint density at radius 2 is 2.00 bits per heavy atom. The average Bonchev–Trinajstić information content (AvgIpc) is 2.17. The maximum absolute atomic E-state index is 4.65. The summed E-state index contributed by atoms with van der Waals surface area (Å²) < 4.78 is 0. The van der Waals surface area contributed by atoms with Crippen LogP contribution in [-0.4, -0.2) is 12.3 Å². The molecule has 0 spiro atoms. The monoisotopic (exact) mass is 165 g/mol. The number of hydrogen-bond donors (Lipinski definition) is 0. The van der Waals surface area contributed by atoms with Gasteiger partial charge in [-0.25, -0.2) is 0 Å². The second kappa shape index (κ2) is 3.59. The molecule has 1 nitrogen and oxygen atoms in total. The van der Waals surface area contributed by atoms with Crippen molar-refractivity contribution in [2.24, 2.45) is 16.8 Å². The molecule has 0 aromatic rings. The van der Waals surface area contributed by atoms with E-state index in [4.69, 9.17) is 0 Å². The largest absolute Gasteiger partial charge is 0.294 e. The molecular weight excluding hydrogens is 146 g/mol. The highest BCUT2D eigenvalue weighted by atomic mass is 14.8. The topological polar surface area (TPSA) is 12.4 Å². The molecule has 2 rings (SSSR count).